The first-order valence-electron chi connectivity index (χ1n) is 4.45. The molecule has 0 saturated carbocycles. The summed E-state index contributed by atoms with van der Waals surface area (Å²) in [7, 11) is 0.923. The molecule has 2 heterocycles. The summed E-state index contributed by atoms with van der Waals surface area (Å²) >= 11 is 0. The lowest BCUT2D eigenvalue weighted by atomic mass is 10.1. The monoisotopic (exact) mass is 226 g/mol. The Hall–Kier alpha value is -1.98. The summed E-state index contributed by atoms with van der Waals surface area (Å²) in [5, 5.41) is 0. The summed E-state index contributed by atoms with van der Waals surface area (Å²) in [6.45, 7) is 0. The van der Waals surface area contributed by atoms with Gasteiger partial charge in [0, 0.05) is 24.2 Å². The van der Waals surface area contributed by atoms with Crippen molar-refractivity contribution in [2.75, 3.05) is 7.11 Å². The summed E-state index contributed by atoms with van der Waals surface area (Å²) in [6.07, 6.45) is 4.15. The molecule has 2 aromatic heterocycles. The Bertz CT molecular complexity index is 536. The highest BCUT2D eigenvalue weighted by atomic mass is 19.3. The van der Waals surface area contributed by atoms with Gasteiger partial charge in [0.25, 0.3) is 0 Å². The van der Waals surface area contributed by atoms with Crippen LogP contribution in [-0.4, -0.2) is 22.5 Å². The van der Waals surface area contributed by atoms with Crippen LogP contribution < -0.4 is 0 Å². The van der Waals surface area contributed by atoms with Crippen molar-refractivity contribution in [2.24, 2.45) is 0 Å². The molecule has 0 spiro atoms. The molecule has 84 valence electrons. The van der Waals surface area contributed by atoms with Gasteiger partial charge in [-0.25, -0.2) is 9.78 Å². The maximum atomic E-state index is 13.5. The predicted octanol–water partition coefficient (Wildman–Crippen LogP) is 1.60. The van der Waals surface area contributed by atoms with Crippen LogP contribution in [0, 0.1) is 0 Å². The average molecular weight is 226 g/mol. The molecular weight excluding hydrogens is 218 g/mol. The molecule has 0 saturated heterocycles. The van der Waals surface area contributed by atoms with Crippen LogP contribution in [0.2, 0.25) is 0 Å². The Balaban J connectivity index is 2.50. The van der Waals surface area contributed by atoms with Crippen molar-refractivity contribution in [2.45, 2.75) is 5.92 Å². The molecule has 0 fully saturated rings. The number of aromatic nitrogens is 2. The molecule has 16 heavy (non-hydrogen) atoms. The summed E-state index contributed by atoms with van der Waals surface area (Å²) in [5.74, 6) is -5.22. The van der Waals surface area contributed by atoms with Gasteiger partial charge in [-0.15, -0.1) is 0 Å². The van der Waals surface area contributed by atoms with Crippen LogP contribution >= 0.6 is 0 Å². The van der Waals surface area contributed by atoms with Crippen LogP contribution in [0.4, 0.5) is 8.78 Å². The second-order valence-corrected chi connectivity index (χ2v) is 3.18. The van der Waals surface area contributed by atoms with Crippen molar-refractivity contribution in [3.8, 4) is 0 Å². The van der Waals surface area contributed by atoms with Gasteiger partial charge in [-0.3, -0.25) is 0 Å². The Labute approximate surface area is 89.5 Å². The number of rotatable bonds is 2. The smallest absolute Gasteiger partial charge is 0.381 e. The van der Waals surface area contributed by atoms with Crippen molar-refractivity contribution in [1.29, 1.82) is 0 Å². The van der Waals surface area contributed by atoms with Crippen LogP contribution in [-0.2, 0) is 15.5 Å². The maximum absolute atomic E-state index is 13.5. The first-order chi connectivity index (χ1) is 7.55. The fraction of sp³-hybridized carbons (Fsp3) is 0.200. The molecule has 2 aromatic rings. The molecule has 0 atom stereocenters. The van der Waals surface area contributed by atoms with Crippen molar-refractivity contribution < 1.29 is 18.3 Å². The summed E-state index contributed by atoms with van der Waals surface area (Å²) in [4.78, 5) is 14.8. The van der Waals surface area contributed by atoms with Gasteiger partial charge in [0.2, 0.25) is 0 Å². The number of hydrogen-bond acceptors (Lipinski definition) is 3. The molecule has 0 amide bonds. The molecule has 0 unspecified atom stereocenters. The lowest BCUT2D eigenvalue weighted by Crippen LogP contribution is -2.27. The van der Waals surface area contributed by atoms with Gasteiger partial charge in [-0.2, -0.15) is 8.78 Å². The number of pyridine rings is 1. The zero-order valence-corrected chi connectivity index (χ0v) is 8.35. The largest absolute Gasteiger partial charge is 0.464 e. The zero-order valence-electron chi connectivity index (χ0n) is 8.35. The van der Waals surface area contributed by atoms with E-state index in [0.717, 1.165) is 19.4 Å². The maximum Gasteiger partial charge on any atom is 0.381 e. The van der Waals surface area contributed by atoms with E-state index < -0.39 is 17.5 Å². The highest BCUT2D eigenvalue weighted by Crippen LogP contribution is 2.29. The van der Waals surface area contributed by atoms with E-state index >= 15 is 0 Å². The molecule has 0 aliphatic carbocycles. The van der Waals surface area contributed by atoms with Gasteiger partial charge in [-0.05, 0) is 12.1 Å². The molecular formula is C10H8F2N2O2. The second-order valence-electron chi connectivity index (χ2n) is 3.18. The van der Waals surface area contributed by atoms with E-state index in [1.54, 1.807) is 0 Å². The first kappa shape index (κ1) is 10.5. The molecule has 0 aliphatic heterocycles. The summed E-state index contributed by atoms with van der Waals surface area (Å²) in [6, 6.07) is 2.56. The quantitative estimate of drug-likeness (QED) is 0.730. The third-order valence-electron chi connectivity index (χ3n) is 2.19. The van der Waals surface area contributed by atoms with E-state index in [1.807, 2.05) is 0 Å². The van der Waals surface area contributed by atoms with Gasteiger partial charge in [0.15, 0.2) is 0 Å². The number of imidazole rings is 1. The van der Waals surface area contributed by atoms with Crippen LogP contribution in [0.3, 0.4) is 0 Å². The zero-order chi connectivity index (χ0) is 11.8. The molecule has 0 N–H and O–H groups in total. The van der Waals surface area contributed by atoms with Crippen molar-refractivity contribution >= 4 is 11.6 Å². The fourth-order valence-electron chi connectivity index (χ4n) is 1.35. The molecule has 0 aromatic carbocycles. The van der Waals surface area contributed by atoms with Gasteiger partial charge in [0.1, 0.15) is 5.65 Å². The first-order valence-corrected chi connectivity index (χ1v) is 4.45. The number of ether oxygens (including phenoxy) is 1. The Morgan fingerprint density at radius 3 is 2.94 bits per heavy atom. The number of halogens is 2. The van der Waals surface area contributed by atoms with Crippen molar-refractivity contribution in [3.63, 3.8) is 0 Å². The van der Waals surface area contributed by atoms with Gasteiger partial charge in [-0.1, -0.05) is 0 Å². The van der Waals surface area contributed by atoms with Gasteiger partial charge < -0.3 is 9.14 Å². The third kappa shape index (κ3) is 1.52. The second kappa shape index (κ2) is 3.55. The topological polar surface area (TPSA) is 43.6 Å². The SMILES string of the molecule is COC(=O)C(F)(F)c1ccc2nccn2c1. The van der Waals surface area contributed by atoms with Crippen LogP contribution in [0.1, 0.15) is 5.56 Å². The summed E-state index contributed by atoms with van der Waals surface area (Å²) in [5.41, 5.74) is 0.106. The number of esters is 1. The van der Waals surface area contributed by atoms with Crippen LogP contribution in [0.15, 0.2) is 30.7 Å². The third-order valence-corrected chi connectivity index (χ3v) is 2.19. The highest BCUT2D eigenvalue weighted by Gasteiger charge is 2.42. The lowest BCUT2D eigenvalue weighted by Gasteiger charge is -2.13. The minimum absolute atomic E-state index is 0.426. The number of fused-ring (bicyclic) bond motifs is 1. The molecule has 0 aliphatic rings. The Kier molecular flexibility index (Phi) is 2.34. The van der Waals surface area contributed by atoms with E-state index in [9.17, 15) is 13.6 Å². The number of hydrogen-bond donors (Lipinski definition) is 0. The van der Waals surface area contributed by atoms with E-state index in [4.69, 9.17) is 0 Å². The molecule has 4 nitrogen and oxygen atoms in total. The predicted molar refractivity (Wildman–Crippen MR) is 51.1 cm³/mol. The van der Waals surface area contributed by atoms with E-state index in [-0.39, 0.29) is 0 Å². The molecule has 0 bridgehead atoms. The van der Waals surface area contributed by atoms with E-state index in [2.05, 4.69) is 9.72 Å². The number of nitrogens with zero attached hydrogens (tertiary/aromatic N) is 2. The molecule has 0 radical (unpaired) electrons. The van der Waals surface area contributed by atoms with E-state index in [1.165, 1.54) is 22.9 Å². The van der Waals surface area contributed by atoms with Crippen molar-refractivity contribution in [3.05, 3.63) is 36.3 Å². The normalized spacial score (nSPS) is 11.7. The number of carbonyl (C=O) groups excluding carboxylic acids is 1. The average Bonchev–Trinajstić information content (AvgIpc) is 2.74. The summed E-state index contributed by atoms with van der Waals surface area (Å²) < 4.78 is 32.4. The Morgan fingerprint density at radius 1 is 1.50 bits per heavy atom. The molecule has 2 rings (SSSR count). The van der Waals surface area contributed by atoms with E-state index in [0.29, 0.717) is 5.65 Å². The molecule has 6 heteroatoms. The fourth-order valence-corrected chi connectivity index (χ4v) is 1.35. The highest BCUT2D eigenvalue weighted by molar-refractivity contribution is 5.79. The number of carbonyl (C=O) groups is 1. The standard InChI is InChI=1S/C10H8F2N2O2/c1-16-9(15)10(11,12)7-2-3-8-13-4-5-14(8)6-7/h2-6H,1H3. The lowest BCUT2D eigenvalue weighted by molar-refractivity contribution is -0.170. The van der Waals surface area contributed by atoms with Crippen LogP contribution in [0.5, 0.6) is 0 Å². The number of methoxy groups -OCH3 is 1. The van der Waals surface area contributed by atoms with Gasteiger partial charge in [0.05, 0.1) is 7.11 Å². The van der Waals surface area contributed by atoms with Gasteiger partial charge >= 0.3 is 11.9 Å². The Morgan fingerprint density at radius 2 is 2.25 bits per heavy atom. The van der Waals surface area contributed by atoms with Crippen molar-refractivity contribution in [1.82, 2.24) is 9.38 Å². The minimum atomic E-state index is -3.65. The van der Waals surface area contributed by atoms with Crippen LogP contribution in [0.25, 0.3) is 5.65 Å². The minimum Gasteiger partial charge on any atom is -0.464 e. The number of alkyl halides is 2.